The minimum atomic E-state index is 0.647. The predicted molar refractivity (Wildman–Crippen MR) is 131 cm³/mol. The Balaban J connectivity index is 1.43. The molecule has 0 radical (unpaired) electrons. The van der Waals surface area contributed by atoms with Gasteiger partial charge in [0.1, 0.15) is 0 Å². The molecular formula is C30H32N2. The van der Waals surface area contributed by atoms with Gasteiger partial charge in [-0.2, -0.15) is 0 Å². The molecule has 0 spiro atoms. The Morgan fingerprint density at radius 3 is 1.00 bits per heavy atom. The molecule has 4 aliphatic heterocycles. The fourth-order valence-corrected chi connectivity index (χ4v) is 9.37. The number of nitrogens with zero attached hydrogens (tertiary/aromatic N) is 2. The van der Waals surface area contributed by atoms with Crippen molar-refractivity contribution in [3.05, 3.63) is 70.9 Å². The van der Waals surface area contributed by atoms with E-state index in [0.29, 0.717) is 23.7 Å². The highest BCUT2D eigenvalue weighted by Crippen LogP contribution is 2.64. The van der Waals surface area contributed by atoms with Crippen LogP contribution in [0.5, 0.6) is 0 Å². The van der Waals surface area contributed by atoms with E-state index in [1.807, 2.05) is 0 Å². The Morgan fingerprint density at radius 1 is 0.438 bits per heavy atom. The molecule has 0 fully saturated rings. The van der Waals surface area contributed by atoms with Gasteiger partial charge in [0.2, 0.25) is 0 Å². The van der Waals surface area contributed by atoms with E-state index < -0.39 is 0 Å². The average Bonchev–Trinajstić information content (AvgIpc) is 3.59. The Bertz CT molecular complexity index is 992. The van der Waals surface area contributed by atoms with E-state index in [-0.39, 0.29) is 0 Å². The second kappa shape index (κ2) is 5.82. The molecule has 32 heavy (non-hydrogen) atoms. The topological polar surface area (TPSA) is 6.48 Å². The molecular weight excluding hydrogens is 388 g/mol. The minimum absolute atomic E-state index is 0.647. The summed E-state index contributed by atoms with van der Waals surface area (Å²) in [5.74, 6) is 5.75. The van der Waals surface area contributed by atoms with Crippen molar-refractivity contribution in [2.24, 2.45) is 23.7 Å². The summed E-state index contributed by atoms with van der Waals surface area (Å²) in [4.78, 5) is 5.78. The molecule has 9 rings (SSSR count). The molecule has 8 aliphatic rings. The third-order valence-electron chi connectivity index (χ3n) is 10.5. The van der Waals surface area contributed by atoms with Crippen molar-refractivity contribution < 1.29 is 0 Å². The van der Waals surface area contributed by atoms with Crippen molar-refractivity contribution in [1.82, 2.24) is 0 Å². The summed E-state index contributed by atoms with van der Waals surface area (Å²) in [5, 5.41) is 0. The maximum atomic E-state index is 2.89. The Hall–Kier alpha value is -2.22. The summed E-state index contributed by atoms with van der Waals surface area (Å²) in [7, 11) is 0. The van der Waals surface area contributed by atoms with E-state index in [9.17, 15) is 0 Å². The molecule has 4 heterocycles. The highest BCUT2D eigenvalue weighted by Gasteiger charge is 2.52. The molecule has 0 saturated carbocycles. The maximum absolute atomic E-state index is 2.89. The van der Waals surface area contributed by atoms with Gasteiger partial charge in [-0.15, -0.1) is 0 Å². The van der Waals surface area contributed by atoms with E-state index >= 15 is 0 Å². The van der Waals surface area contributed by atoms with E-state index in [2.05, 4.69) is 58.4 Å². The molecule has 0 amide bonds. The van der Waals surface area contributed by atoms with Crippen molar-refractivity contribution in [1.29, 1.82) is 0 Å². The molecule has 0 bridgehead atoms. The first kappa shape index (κ1) is 17.3. The number of benzene rings is 1. The fourth-order valence-electron chi connectivity index (χ4n) is 9.37. The van der Waals surface area contributed by atoms with Gasteiger partial charge in [0.05, 0.1) is 0 Å². The van der Waals surface area contributed by atoms with Crippen LogP contribution in [0.15, 0.2) is 48.6 Å². The summed E-state index contributed by atoms with van der Waals surface area (Å²) < 4.78 is 0. The first-order chi connectivity index (χ1) is 15.9. The largest absolute Gasteiger partial charge is 0.370 e. The summed E-state index contributed by atoms with van der Waals surface area (Å²) in [5.41, 5.74) is 10.5. The van der Waals surface area contributed by atoms with Crippen LogP contribution in [0.25, 0.3) is 0 Å². The van der Waals surface area contributed by atoms with Gasteiger partial charge in [0.15, 0.2) is 0 Å². The summed E-state index contributed by atoms with van der Waals surface area (Å²) in [6.07, 6.45) is 25.5. The second-order valence-electron chi connectivity index (χ2n) is 12.0. The number of rotatable bonds is 0. The highest BCUT2D eigenvalue weighted by molar-refractivity contribution is 5.84. The SMILES string of the molecule is C1=C[C@H]2c3c4c5c(c6c3N(C[C@H]2C1)C[C@H]1CC=C[C@@H]61)[C@@H]1C=CC[C@@H]1CN5C[C@H]1CC=C[C@@H]41. The third-order valence-corrected chi connectivity index (χ3v) is 10.5. The van der Waals surface area contributed by atoms with Crippen LogP contribution in [0.2, 0.25) is 0 Å². The van der Waals surface area contributed by atoms with Crippen LogP contribution in [0.4, 0.5) is 11.4 Å². The molecule has 0 N–H and O–H groups in total. The van der Waals surface area contributed by atoms with Gasteiger partial charge in [-0.1, -0.05) is 48.6 Å². The number of hydrogen-bond donors (Lipinski definition) is 0. The second-order valence-corrected chi connectivity index (χ2v) is 12.0. The van der Waals surface area contributed by atoms with Crippen molar-refractivity contribution in [2.75, 3.05) is 36.0 Å². The van der Waals surface area contributed by atoms with Gasteiger partial charge in [-0.25, -0.2) is 0 Å². The maximum Gasteiger partial charge on any atom is 0.0451 e. The van der Waals surface area contributed by atoms with E-state index in [0.717, 1.165) is 23.7 Å². The van der Waals surface area contributed by atoms with E-state index in [1.165, 1.54) is 51.9 Å². The van der Waals surface area contributed by atoms with Crippen molar-refractivity contribution >= 4 is 11.4 Å². The normalized spacial score (nSPS) is 42.6. The lowest BCUT2D eigenvalue weighted by Crippen LogP contribution is -2.49. The molecule has 0 saturated heterocycles. The molecule has 0 unspecified atom stereocenters. The zero-order chi connectivity index (χ0) is 20.6. The lowest BCUT2D eigenvalue weighted by atomic mass is 9.64. The molecule has 8 atom stereocenters. The van der Waals surface area contributed by atoms with Crippen molar-refractivity contribution in [3.63, 3.8) is 0 Å². The first-order valence-electron chi connectivity index (χ1n) is 13.3. The van der Waals surface area contributed by atoms with Gasteiger partial charge in [0.25, 0.3) is 0 Å². The lowest BCUT2D eigenvalue weighted by molar-refractivity contribution is 0.379. The van der Waals surface area contributed by atoms with Crippen LogP contribution in [-0.2, 0) is 0 Å². The standard InChI is InChI=1S/C30H32N2/c1-5-17-13-31-14-18-6-3-11-23(18)27-28-24-12-4-8-20(24)16-32-15-19-7-2-10-22(19)26(30(28)32)25(29(27)31)21(17)9-1/h1-4,9-12,17-24H,5-8,13-16H2/t17-,18-,19-,20-,21-,22-,23-,24-/m1/s1. The Kier molecular flexibility index (Phi) is 3.14. The van der Waals surface area contributed by atoms with Gasteiger partial charge >= 0.3 is 0 Å². The van der Waals surface area contributed by atoms with Crippen molar-refractivity contribution in [2.45, 2.75) is 49.4 Å². The van der Waals surface area contributed by atoms with Gasteiger partial charge in [-0.3, -0.25) is 0 Å². The van der Waals surface area contributed by atoms with Gasteiger partial charge in [0, 0.05) is 61.2 Å². The summed E-state index contributed by atoms with van der Waals surface area (Å²) in [6.45, 7) is 5.10. The Morgan fingerprint density at radius 2 is 0.719 bits per heavy atom. The lowest BCUT2D eigenvalue weighted by Gasteiger charge is -2.54. The molecule has 1 aromatic carbocycles. The first-order valence-corrected chi connectivity index (χ1v) is 13.3. The average molecular weight is 421 g/mol. The summed E-state index contributed by atoms with van der Waals surface area (Å²) in [6, 6.07) is 0. The predicted octanol–water partition coefficient (Wildman–Crippen LogP) is 5.99. The monoisotopic (exact) mass is 420 g/mol. The molecule has 4 aliphatic carbocycles. The molecule has 2 heteroatoms. The smallest absolute Gasteiger partial charge is 0.0451 e. The van der Waals surface area contributed by atoms with E-state index in [1.54, 1.807) is 33.6 Å². The van der Waals surface area contributed by atoms with Crippen LogP contribution in [-0.4, -0.2) is 26.2 Å². The number of allylic oxidation sites excluding steroid dienone is 8. The van der Waals surface area contributed by atoms with Crippen LogP contribution in [0.3, 0.4) is 0 Å². The van der Waals surface area contributed by atoms with Crippen LogP contribution < -0.4 is 9.80 Å². The van der Waals surface area contributed by atoms with Crippen LogP contribution in [0, 0.1) is 23.7 Å². The van der Waals surface area contributed by atoms with Gasteiger partial charge < -0.3 is 9.80 Å². The van der Waals surface area contributed by atoms with E-state index in [4.69, 9.17) is 0 Å². The molecule has 2 nitrogen and oxygen atoms in total. The fraction of sp³-hybridized carbons (Fsp3) is 0.533. The third kappa shape index (κ3) is 1.92. The quantitative estimate of drug-likeness (QED) is 0.476. The minimum Gasteiger partial charge on any atom is -0.370 e. The Labute approximate surface area is 191 Å². The zero-order valence-electron chi connectivity index (χ0n) is 18.8. The van der Waals surface area contributed by atoms with Gasteiger partial charge in [-0.05, 0) is 71.6 Å². The number of fused-ring (bicyclic) bond motifs is 10. The molecule has 1 aromatic rings. The molecule has 0 aromatic heterocycles. The zero-order valence-corrected chi connectivity index (χ0v) is 18.8. The number of anilines is 2. The van der Waals surface area contributed by atoms with Crippen molar-refractivity contribution in [3.8, 4) is 0 Å². The summed E-state index contributed by atoms with van der Waals surface area (Å²) >= 11 is 0. The highest BCUT2D eigenvalue weighted by atomic mass is 15.2. The number of hydrogen-bond acceptors (Lipinski definition) is 2. The van der Waals surface area contributed by atoms with Crippen LogP contribution in [0.1, 0.15) is 71.6 Å². The molecule has 162 valence electrons. The van der Waals surface area contributed by atoms with Crippen LogP contribution >= 0.6 is 0 Å².